The third-order valence-corrected chi connectivity index (χ3v) is 5.65. The first-order valence-electron chi connectivity index (χ1n) is 8.82. The Kier molecular flexibility index (Phi) is 3.16. The summed E-state index contributed by atoms with van der Waals surface area (Å²) in [5.74, 6) is -0.400. The molecule has 2 aliphatic rings. The van der Waals surface area contributed by atoms with Gasteiger partial charge in [-0.25, -0.2) is 0 Å². The van der Waals surface area contributed by atoms with Crippen molar-refractivity contribution in [2.24, 2.45) is 0 Å². The van der Waals surface area contributed by atoms with Crippen LogP contribution in [0.3, 0.4) is 0 Å². The fraction of sp³-hybridized carbons (Fsp3) is 0.190. The molecule has 0 bridgehead atoms. The number of rotatable bonds is 1. The van der Waals surface area contributed by atoms with Crippen LogP contribution in [0.25, 0.3) is 10.9 Å². The first kappa shape index (κ1) is 15.6. The zero-order valence-corrected chi connectivity index (χ0v) is 14.4. The number of para-hydroxylation sites is 2. The molecule has 0 saturated carbocycles. The quantitative estimate of drug-likeness (QED) is 0.703. The number of anilines is 1. The van der Waals surface area contributed by atoms with E-state index in [1.165, 1.54) is 4.90 Å². The molecule has 6 heteroatoms. The SMILES string of the molecule is N#C[C@@H]1C[C@@]2(CN1C(=O)c1cc3ccccc3[nH]1)C(=O)Nc1ccccc12. The van der Waals surface area contributed by atoms with Gasteiger partial charge in [0.05, 0.1) is 11.5 Å². The second kappa shape index (κ2) is 5.45. The Balaban J connectivity index is 1.55. The number of benzene rings is 2. The predicted octanol–water partition coefficient (Wildman–Crippen LogP) is 2.80. The van der Waals surface area contributed by atoms with Crippen molar-refractivity contribution in [2.75, 3.05) is 11.9 Å². The summed E-state index contributed by atoms with van der Waals surface area (Å²) in [6, 6.07) is 18.5. The number of hydrogen-bond acceptors (Lipinski definition) is 3. The van der Waals surface area contributed by atoms with Crippen molar-refractivity contribution in [1.29, 1.82) is 5.26 Å². The largest absolute Gasteiger partial charge is 0.351 e. The number of nitriles is 1. The fourth-order valence-corrected chi connectivity index (χ4v) is 4.31. The Labute approximate surface area is 155 Å². The molecule has 3 heterocycles. The summed E-state index contributed by atoms with van der Waals surface area (Å²) in [5.41, 5.74) is 2.06. The number of amides is 2. The molecule has 1 aromatic heterocycles. The molecule has 2 N–H and O–H groups in total. The molecule has 2 atom stereocenters. The summed E-state index contributed by atoms with van der Waals surface area (Å²) < 4.78 is 0. The van der Waals surface area contributed by atoms with Gasteiger partial charge in [0.15, 0.2) is 0 Å². The number of carbonyl (C=O) groups is 2. The summed E-state index contributed by atoms with van der Waals surface area (Å²) in [6.07, 6.45) is 0.304. The molecule has 132 valence electrons. The van der Waals surface area contributed by atoms with E-state index in [1.807, 2.05) is 48.5 Å². The van der Waals surface area contributed by atoms with Crippen molar-refractivity contribution in [2.45, 2.75) is 17.9 Å². The molecule has 6 nitrogen and oxygen atoms in total. The van der Waals surface area contributed by atoms with E-state index in [2.05, 4.69) is 16.4 Å². The van der Waals surface area contributed by atoms with Gasteiger partial charge in [0, 0.05) is 29.6 Å². The van der Waals surface area contributed by atoms with Gasteiger partial charge in [0.1, 0.15) is 11.7 Å². The van der Waals surface area contributed by atoms with Crippen molar-refractivity contribution in [1.82, 2.24) is 9.88 Å². The maximum atomic E-state index is 13.2. The Morgan fingerprint density at radius 1 is 1.19 bits per heavy atom. The van der Waals surface area contributed by atoms with Gasteiger partial charge in [-0.3, -0.25) is 9.59 Å². The normalized spacial score (nSPS) is 23.4. The van der Waals surface area contributed by atoms with Gasteiger partial charge < -0.3 is 15.2 Å². The maximum absolute atomic E-state index is 13.2. The Morgan fingerprint density at radius 3 is 2.78 bits per heavy atom. The van der Waals surface area contributed by atoms with E-state index in [0.717, 1.165) is 22.2 Å². The molecule has 27 heavy (non-hydrogen) atoms. The zero-order valence-electron chi connectivity index (χ0n) is 14.4. The number of aromatic amines is 1. The summed E-state index contributed by atoms with van der Waals surface area (Å²) in [5, 5.41) is 13.5. The molecule has 1 spiro atoms. The number of aromatic nitrogens is 1. The predicted molar refractivity (Wildman–Crippen MR) is 100 cm³/mol. The Bertz CT molecular complexity index is 1110. The molecule has 2 aliphatic heterocycles. The number of nitrogens with zero attached hydrogens (tertiary/aromatic N) is 2. The first-order valence-corrected chi connectivity index (χ1v) is 8.82. The molecular weight excluding hydrogens is 340 g/mol. The number of fused-ring (bicyclic) bond motifs is 3. The summed E-state index contributed by atoms with van der Waals surface area (Å²) in [4.78, 5) is 30.6. The average molecular weight is 356 g/mol. The van der Waals surface area contributed by atoms with E-state index in [0.29, 0.717) is 12.1 Å². The van der Waals surface area contributed by atoms with E-state index < -0.39 is 11.5 Å². The van der Waals surface area contributed by atoms with E-state index >= 15 is 0 Å². The van der Waals surface area contributed by atoms with Crippen LogP contribution in [0, 0.1) is 11.3 Å². The standard InChI is InChI=1S/C21H16N4O2/c22-11-14-10-21(15-6-2-4-8-17(15)24-20(21)27)12-25(14)19(26)18-9-13-5-1-3-7-16(13)23-18/h1-9,14,23H,10,12H2,(H,24,27)/t14-,21-/m0/s1. The van der Waals surface area contributed by atoms with Crippen molar-refractivity contribution in [3.05, 3.63) is 65.9 Å². The van der Waals surface area contributed by atoms with Gasteiger partial charge >= 0.3 is 0 Å². The Morgan fingerprint density at radius 2 is 1.96 bits per heavy atom. The lowest BCUT2D eigenvalue weighted by Crippen LogP contribution is -2.40. The average Bonchev–Trinajstić information content (AvgIpc) is 3.36. The molecular formula is C21H16N4O2. The second-order valence-electron chi connectivity index (χ2n) is 7.13. The van der Waals surface area contributed by atoms with Gasteiger partial charge in [0.25, 0.3) is 5.91 Å². The lowest BCUT2D eigenvalue weighted by atomic mass is 9.80. The van der Waals surface area contributed by atoms with Gasteiger partial charge in [-0.1, -0.05) is 36.4 Å². The van der Waals surface area contributed by atoms with Gasteiger partial charge in [-0.15, -0.1) is 0 Å². The summed E-state index contributed by atoms with van der Waals surface area (Å²) in [7, 11) is 0. The molecule has 2 aromatic carbocycles. The lowest BCUT2D eigenvalue weighted by molar-refractivity contribution is -0.120. The molecule has 0 aliphatic carbocycles. The van der Waals surface area contributed by atoms with Crippen LogP contribution in [0.4, 0.5) is 5.69 Å². The van der Waals surface area contributed by atoms with Gasteiger partial charge in [-0.05, 0) is 23.8 Å². The molecule has 1 fully saturated rings. The third kappa shape index (κ3) is 2.12. The van der Waals surface area contributed by atoms with Crippen LogP contribution >= 0.6 is 0 Å². The van der Waals surface area contributed by atoms with Crippen LogP contribution in [0.15, 0.2) is 54.6 Å². The second-order valence-corrected chi connectivity index (χ2v) is 7.13. The Hall–Kier alpha value is -3.59. The molecule has 5 rings (SSSR count). The van der Waals surface area contributed by atoms with Crippen molar-refractivity contribution < 1.29 is 9.59 Å². The monoisotopic (exact) mass is 356 g/mol. The van der Waals surface area contributed by atoms with Crippen LogP contribution in [-0.2, 0) is 10.2 Å². The van der Waals surface area contributed by atoms with Crippen LogP contribution in [-0.4, -0.2) is 34.3 Å². The van der Waals surface area contributed by atoms with Crippen molar-refractivity contribution in [3.8, 4) is 6.07 Å². The minimum absolute atomic E-state index is 0.143. The molecule has 2 amide bonds. The smallest absolute Gasteiger partial charge is 0.271 e. The summed E-state index contributed by atoms with van der Waals surface area (Å²) >= 11 is 0. The van der Waals surface area contributed by atoms with Crippen LogP contribution in [0.5, 0.6) is 0 Å². The number of likely N-dealkylation sites (tertiary alicyclic amines) is 1. The highest BCUT2D eigenvalue weighted by atomic mass is 16.2. The van der Waals surface area contributed by atoms with E-state index in [1.54, 1.807) is 6.07 Å². The van der Waals surface area contributed by atoms with Crippen LogP contribution in [0.1, 0.15) is 22.5 Å². The van der Waals surface area contributed by atoms with Crippen molar-refractivity contribution in [3.63, 3.8) is 0 Å². The zero-order chi connectivity index (χ0) is 18.6. The molecule has 0 radical (unpaired) electrons. The highest BCUT2D eigenvalue weighted by molar-refractivity contribution is 6.08. The maximum Gasteiger partial charge on any atom is 0.271 e. The third-order valence-electron chi connectivity index (χ3n) is 5.65. The van der Waals surface area contributed by atoms with E-state index in [4.69, 9.17) is 0 Å². The number of carbonyl (C=O) groups excluding carboxylic acids is 2. The fourth-order valence-electron chi connectivity index (χ4n) is 4.31. The number of H-pyrrole nitrogens is 1. The first-order chi connectivity index (χ1) is 13.1. The van der Waals surface area contributed by atoms with Crippen molar-refractivity contribution >= 4 is 28.4 Å². The lowest BCUT2D eigenvalue weighted by Gasteiger charge is -2.22. The number of hydrogen-bond donors (Lipinski definition) is 2. The van der Waals surface area contributed by atoms with E-state index in [-0.39, 0.29) is 18.4 Å². The minimum Gasteiger partial charge on any atom is -0.351 e. The highest BCUT2D eigenvalue weighted by Crippen LogP contribution is 2.46. The molecule has 0 unspecified atom stereocenters. The topological polar surface area (TPSA) is 89.0 Å². The van der Waals surface area contributed by atoms with E-state index in [9.17, 15) is 14.9 Å². The van der Waals surface area contributed by atoms with Crippen LogP contribution < -0.4 is 5.32 Å². The summed E-state index contributed by atoms with van der Waals surface area (Å²) in [6.45, 7) is 0.197. The molecule has 3 aromatic rings. The minimum atomic E-state index is -0.862. The van der Waals surface area contributed by atoms with Gasteiger partial charge in [0.2, 0.25) is 5.91 Å². The van der Waals surface area contributed by atoms with Crippen LogP contribution in [0.2, 0.25) is 0 Å². The highest BCUT2D eigenvalue weighted by Gasteiger charge is 2.56. The number of nitrogens with one attached hydrogen (secondary N) is 2. The molecule has 1 saturated heterocycles. The van der Waals surface area contributed by atoms with Gasteiger partial charge in [-0.2, -0.15) is 5.26 Å².